The molecule has 0 bridgehead atoms. The van der Waals surface area contributed by atoms with Gasteiger partial charge in [0.05, 0.1) is 6.61 Å². The molecule has 1 atom stereocenters. The molecule has 1 unspecified atom stereocenters. The molecular weight excluding hydrogens is 284 g/mol. The second kappa shape index (κ2) is 5.74. The first-order valence-electron chi connectivity index (χ1n) is 6.94. The summed E-state index contributed by atoms with van der Waals surface area (Å²) >= 11 is 5.93. The molecule has 0 N–H and O–H groups in total. The Balaban J connectivity index is 1.98. The molecule has 106 valence electrons. The number of hydrogen-bond donors (Lipinski definition) is 0. The Kier molecular flexibility index (Phi) is 3.80. The summed E-state index contributed by atoms with van der Waals surface area (Å²) in [6.07, 6.45) is 0. The lowest BCUT2D eigenvalue weighted by atomic mass is 10.1. The van der Waals surface area contributed by atoms with Crippen molar-refractivity contribution < 1.29 is 9.53 Å². The first kappa shape index (κ1) is 13.9. The van der Waals surface area contributed by atoms with Crippen molar-refractivity contribution in [3.05, 3.63) is 70.7 Å². The molecule has 0 heterocycles. The maximum Gasteiger partial charge on any atom is 0.317 e. The zero-order valence-electron chi connectivity index (χ0n) is 11.7. The van der Waals surface area contributed by atoms with E-state index in [0.717, 1.165) is 22.3 Å². The van der Waals surface area contributed by atoms with Crippen LogP contribution in [0.2, 0.25) is 5.02 Å². The minimum atomic E-state index is -0.256. The normalized spacial score (nSPS) is 16.8. The van der Waals surface area contributed by atoms with Gasteiger partial charge < -0.3 is 4.74 Å². The molecule has 0 aromatic heterocycles. The van der Waals surface area contributed by atoms with Crippen molar-refractivity contribution in [3.63, 3.8) is 0 Å². The summed E-state index contributed by atoms with van der Waals surface area (Å²) in [4.78, 5) is 12.1. The summed E-state index contributed by atoms with van der Waals surface area (Å²) < 4.78 is 5.19. The predicted octanol–water partition coefficient (Wildman–Crippen LogP) is 4.44. The Morgan fingerprint density at radius 3 is 2.14 bits per heavy atom. The van der Waals surface area contributed by atoms with E-state index in [9.17, 15) is 4.79 Å². The smallest absolute Gasteiger partial charge is 0.317 e. The molecule has 0 spiro atoms. The van der Waals surface area contributed by atoms with Crippen LogP contribution in [0.3, 0.4) is 0 Å². The molecule has 0 amide bonds. The third kappa shape index (κ3) is 2.72. The van der Waals surface area contributed by atoms with Crippen molar-refractivity contribution in [2.24, 2.45) is 5.92 Å². The lowest BCUT2D eigenvalue weighted by molar-refractivity contribution is -0.143. The van der Waals surface area contributed by atoms with Crippen molar-refractivity contribution in [1.29, 1.82) is 0 Å². The molecule has 2 aromatic rings. The molecule has 0 radical (unpaired) electrons. The minimum absolute atomic E-state index is 0.179. The van der Waals surface area contributed by atoms with Crippen LogP contribution in [0.1, 0.15) is 18.1 Å². The van der Waals surface area contributed by atoms with Crippen LogP contribution in [-0.4, -0.2) is 12.6 Å². The number of carbonyl (C=O) groups excluding carboxylic acids is 1. The fraction of sp³-hybridized carbons (Fsp3) is 0.167. The number of hydrogen-bond acceptors (Lipinski definition) is 2. The fourth-order valence-corrected chi connectivity index (χ4v) is 2.70. The lowest BCUT2D eigenvalue weighted by Crippen LogP contribution is -2.09. The van der Waals surface area contributed by atoms with Crippen molar-refractivity contribution in [3.8, 4) is 0 Å². The summed E-state index contributed by atoms with van der Waals surface area (Å²) in [6.45, 7) is 2.22. The van der Waals surface area contributed by atoms with Crippen LogP contribution in [0.5, 0.6) is 0 Å². The van der Waals surface area contributed by atoms with E-state index in [1.165, 1.54) is 0 Å². The summed E-state index contributed by atoms with van der Waals surface area (Å²) in [6, 6.07) is 17.5. The number of rotatable bonds is 4. The van der Waals surface area contributed by atoms with Crippen LogP contribution < -0.4 is 0 Å². The Morgan fingerprint density at radius 2 is 1.57 bits per heavy atom. The molecule has 1 aliphatic rings. The molecule has 21 heavy (non-hydrogen) atoms. The van der Waals surface area contributed by atoms with E-state index < -0.39 is 0 Å². The number of ether oxygens (including phenoxy) is 1. The lowest BCUT2D eigenvalue weighted by Gasteiger charge is -2.02. The monoisotopic (exact) mass is 298 g/mol. The van der Waals surface area contributed by atoms with E-state index in [1.807, 2.05) is 61.5 Å². The second-order valence-electron chi connectivity index (χ2n) is 4.89. The number of benzene rings is 2. The van der Waals surface area contributed by atoms with Gasteiger partial charge in [0.25, 0.3) is 0 Å². The highest BCUT2D eigenvalue weighted by Gasteiger charge is 2.44. The molecule has 3 rings (SSSR count). The largest absolute Gasteiger partial charge is 0.465 e. The second-order valence-corrected chi connectivity index (χ2v) is 5.32. The van der Waals surface area contributed by atoms with Crippen LogP contribution in [0.4, 0.5) is 0 Å². The van der Waals surface area contributed by atoms with E-state index in [0.29, 0.717) is 11.6 Å². The van der Waals surface area contributed by atoms with Crippen LogP contribution >= 0.6 is 11.6 Å². The molecule has 2 aromatic carbocycles. The molecule has 3 heteroatoms. The molecule has 1 aliphatic carbocycles. The van der Waals surface area contributed by atoms with Gasteiger partial charge in [-0.05, 0) is 41.3 Å². The van der Waals surface area contributed by atoms with E-state index >= 15 is 0 Å². The summed E-state index contributed by atoms with van der Waals surface area (Å²) in [5.74, 6) is -0.435. The molecular formula is C18H15ClO2. The molecule has 0 fully saturated rings. The number of esters is 1. The van der Waals surface area contributed by atoms with Gasteiger partial charge in [-0.1, -0.05) is 54.1 Å². The van der Waals surface area contributed by atoms with Gasteiger partial charge in [-0.2, -0.15) is 0 Å². The van der Waals surface area contributed by atoms with Gasteiger partial charge in [-0.3, -0.25) is 4.79 Å². The molecule has 2 nitrogen and oxygen atoms in total. The highest BCUT2D eigenvalue weighted by molar-refractivity contribution is 6.30. The average Bonchev–Trinajstić information content (AvgIpc) is 3.25. The third-order valence-corrected chi connectivity index (χ3v) is 3.80. The maximum absolute atomic E-state index is 12.1. The van der Waals surface area contributed by atoms with Crippen molar-refractivity contribution in [1.82, 2.24) is 0 Å². The van der Waals surface area contributed by atoms with Gasteiger partial charge in [0.2, 0.25) is 0 Å². The average molecular weight is 299 g/mol. The molecule has 0 aliphatic heterocycles. The third-order valence-electron chi connectivity index (χ3n) is 3.55. The zero-order chi connectivity index (χ0) is 14.8. The van der Waals surface area contributed by atoms with Crippen molar-refractivity contribution in [2.45, 2.75) is 6.92 Å². The number of halogens is 1. The van der Waals surface area contributed by atoms with Gasteiger partial charge >= 0.3 is 5.97 Å². The quantitative estimate of drug-likeness (QED) is 0.780. The van der Waals surface area contributed by atoms with Crippen LogP contribution in [-0.2, 0) is 9.53 Å². The van der Waals surface area contributed by atoms with Gasteiger partial charge in [-0.25, -0.2) is 0 Å². The Morgan fingerprint density at radius 1 is 1.00 bits per heavy atom. The molecule has 0 saturated heterocycles. The van der Waals surface area contributed by atoms with E-state index in [2.05, 4.69) is 0 Å². The summed E-state index contributed by atoms with van der Waals surface area (Å²) in [7, 11) is 0. The van der Waals surface area contributed by atoms with Gasteiger partial charge in [-0.15, -0.1) is 0 Å². The molecule has 0 saturated carbocycles. The van der Waals surface area contributed by atoms with E-state index in [1.54, 1.807) is 0 Å². The van der Waals surface area contributed by atoms with Crippen LogP contribution in [0.25, 0.3) is 11.1 Å². The Bertz CT molecular complexity index is 687. The Labute approximate surface area is 129 Å². The highest BCUT2D eigenvalue weighted by atomic mass is 35.5. The van der Waals surface area contributed by atoms with Crippen molar-refractivity contribution >= 4 is 28.7 Å². The standard InChI is InChI=1S/C18H15ClO2/c1-2-21-18(20)17-15(12-6-4-3-5-7-12)16(17)13-8-10-14(19)11-9-13/h3-11,17H,2H2,1H3. The summed E-state index contributed by atoms with van der Waals surface area (Å²) in [5, 5.41) is 0.689. The fourth-order valence-electron chi connectivity index (χ4n) is 2.57. The zero-order valence-corrected chi connectivity index (χ0v) is 12.4. The number of carbonyl (C=O) groups is 1. The van der Waals surface area contributed by atoms with Gasteiger partial charge in [0, 0.05) is 5.02 Å². The predicted molar refractivity (Wildman–Crippen MR) is 84.8 cm³/mol. The van der Waals surface area contributed by atoms with E-state index in [-0.39, 0.29) is 11.9 Å². The van der Waals surface area contributed by atoms with Gasteiger partial charge in [0.1, 0.15) is 5.92 Å². The van der Waals surface area contributed by atoms with Crippen LogP contribution in [0.15, 0.2) is 54.6 Å². The van der Waals surface area contributed by atoms with Gasteiger partial charge in [0.15, 0.2) is 0 Å². The van der Waals surface area contributed by atoms with Crippen molar-refractivity contribution in [2.75, 3.05) is 6.61 Å². The Hall–Kier alpha value is -2.06. The van der Waals surface area contributed by atoms with Crippen LogP contribution in [0, 0.1) is 5.92 Å². The van der Waals surface area contributed by atoms with E-state index in [4.69, 9.17) is 16.3 Å². The highest BCUT2D eigenvalue weighted by Crippen LogP contribution is 2.53. The minimum Gasteiger partial charge on any atom is -0.465 e. The SMILES string of the molecule is CCOC(=O)C1C(c2ccccc2)=C1c1ccc(Cl)cc1. The topological polar surface area (TPSA) is 26.3 Å². The maximum atomic E-state index is 12.1. The summed E-state index contributed by atoms with van der Waals surface area (Å²) in [5.41, 5.74) is 4.18. The first-order valence-corrected chi connectivity index (χ1v) is 7.32. The first-order chi connectivity index (χ1) is 10.2.